The van der Waals surface area contributed by atoms with E-state index in [1.54, 1.807) is 31.4 Å². The fourth-order valence-electron chi connectivity index (χ4n) is 3.20. The Labute approximate surface area is 179 Å². The van der Waals surface area contributed by atoms with Gasteiger partial charge < -0.3 is 19.4 Å². The molecule has 152 valence electrons. The van der Waals surface area contributed by atoms with E-state index in [1.807, 2.05) is 53.1 Å². The van der Waals surface area contributed by atoms with Crippen molar-refractivity contribution in [3.8, 4) is 11.5 Å². The maximum Gasteiger partial charge on any atom is 0.244 e. The highest BCUT2D eigenvalue weighted by Crippen LogP contribution is 2.27. The Balaban J connectivity index is 1.58. The predicted octanol–water partition coefficient (Wildman–Crippen LogP) is 4.92. The number of nitrogens with zero attached hydrogens (tertiary/aromatic N) is 2. The number of hydrogen-bond donors (Lipinski definition) is 1. The van der Waals surface area contributed by atoms with E-state index in [1.165, 1.54) is 0 Å². The van der Waals surface area contributed by atoms with Crippen molar-refractivity contribution in [2.45, 2.75) is 13.2 Å². The van der Waals surface area contributed by atoms with Crippen LogP contribution in [0.3, 0.4) is 0 Å². The van der Waals surface area contributed by atoms with E-state index in [-0.39, 0.29) is 19.1 Å². The number of ether oxygens (including phenoxy) is 2. The maximum absolute atomic E-state index is 12.7. The van der Waals surface area contributed by atoms with Gasteiger partial charge in [0, 0.05) is 10.7 Å². The number of para-hydroxylation sites is 4. The molecule has 0 spiro atoms. The standard InChI is InChI=1S/C23H20ClN3O3/c1-29-20-11-4-5-12-21(20)30-15-22-26-18-9-2-3-10-19(18)27(22)14-23(28)25-17-8-6-7-16(24)13-17/h2-13H,14-15H2,1H3,(H,25,28). The quantitative estimate of drug-likeness (QED) is 0.460. The van der Waals surface area contributed by atoms with Crippen LogP contribution in [0, 0.1) is 0 Å². The molecule has 0 saturated carbocycles. The van der Waals surface area contributed by atoms with Crippen LogP contribution in [0.4, 0.5) is 5.69 Å². The van der Waals surface area contributed by atoms with Crippen LogP contribution in [0.5, 0.6) is 11.5 Å². The zero-order valence-corrected chi connectivity index (χ0v) is 17.1. The number of carbonyl (C=O) groups is 1. The Hall–Kier alpha value is -3.51. The van der Waals surface area contributed by atoms with Crippen LogP contribution < -0.4 is 14.8 Å². The Morgan fingerprint density at radius 1 is 1.03 bits per heavy atom. The minimum Gasteiger partial charge on any atom is -0.493 e. The first kappa shape index (κ1) is 19.8. The first-order chi connectivity index (χ1) is 14.6. The van der Waals surface area contributed by atoms with Gasteiger partial charge in [0.05, 0.1) is 18.1 Å². The van der Waals surface area contributed by atoms with E-state index in [9.17, 15) is 4.79 Å². The molecule has 0 unspecified atom stereocenters. The van der Waals surface area contributed by atoms with Crippen LogP contribution >= 0.6 is 11.6 Å². The molecule has 7 heteroatoms. The topological polar surface area (TPSA) is 65.4 Å². The monoisotopic (exact) mass is 421 g/mol. The molecule has 0 aliphatic carbocycles. The molecular weight excluding hydrogens is 402 g/mol. The number of imidazole rings is 1. The van der Waals surface area contributed by atoms with Gasteiger partial charge in [0.25, 0.3) is 0 Å². The maximum atomic E-state index is 12.7. The van der Waals surface area contributed by atoms with Crippen molar-refractivity contribution in [3.63, 3.8) is 0 Å². The largest absolute Gasteiger partial charge is 0.493 e. The molecule has 1 heterocycles. The Kier molecular flexibility index (Phi) is 5.86. The average molecular weight is 422 g/mol. The number of methoxy groups -OCH3 is 1. The highest BCUT2D eigenvalue weighted by Gasteiger charge is 2.15. The summed E-state index contributed by atoms with van der Waals surface area (Å²) in [5.74, 6) is 1.71. The van der Waals surface area contributed by atoms with E-state index in [0.717, 1.165) is 11.0 Å². The second kappa shape index (κ2) is 8.88. The number of amides is 1. The summed E-state index contributed by atoms with van der Waals surface area (Å²) in [4.78, 5) is 17.4. The zero-order chi connectivity index (χ0) is 20.9. The van der Waals surface area contributed by atoms with E-state index >= 15 is 0 Å². The predicted molar refractivity (Wildman–Crippen MR) is 117 cm³/mol. The molecule has 3 aromatic carbocycles. The third kappa shape index (κ3) is 4.39. The molecule has 0 radical (unpaired) electrons. The summed E-state index contributed by atoms with van der Waals surface area (Å²) in [5, 5.41) is 3.43. The summed E-state index contributed by atoms with van der Waals surface area (Å²) in [6, 6.07) is 22.1. The summed E-state index contributed by atoms with van der Waals surface area (Å²) >= 11 is 6.01. The first-order valence-corrected chi connectivity index (χ1v) is 9.77. The lowest BCUT2D eigenvalue weighted by Crippen LogP contribution is -2.20. The Morgan fingerprint density at radius 2 is 1.80 bits per heavy atom. The molecule has 4 rings (SSSR count). The molecule has 0 atom stereocenters. The van der Waals surface area contributed by atoms with E-state index < -0.39 is 0 Å². The highest BCUT2D eigenvalue weighted by molar-refractivity contribution is 6.30. The second-order valence-corrected chi connectivity index (χ2v) is 7.04. The number of carbonyl (C=O) groups excluding carboxylic acids is 1. The first-order valence-electron chi connectivity index (χ1n) is 9.39. The van der Waals surface area contributed by atoms with Crippen LogP contribution in [0.25, 0.3) is 11.0 Å². The molecule has 0 saturated heterocycles. The average Bonchev–Trinajstić information content (AvgIpc) is 3.09. The van der Waals surface area contributed by atoms with Gasteiger partial charge in [-0.2, -0.15) is 0 Å². The third-order valence-electron chi connectivity index (χ3n) is 4.57. The number of hydrogen-bond acceptors (Lipinski definition) is 4. The van der Waals surface area contributed by atoms with Gasteiger partial charge in [0.2, 0.25) is 5.91 Å². The number of nitrogens with one attached hydrogen (secondary N) is 1. The summed E-state index contributed by atoms with van der Waals surface area (Å²) in [7, 11) is 1.59. The zero-order valence-electron chi connectivity index (χ0n) is 16.3. The van der Waals surface area contributed by atoms with Gasteiger partial charge in [-0.3, -0.25) is 4.79 Å². The van der Waals surface area contributed by atoms with E-state index in [2.05, 4.69) is 10.3 Å². The van der Waals surface area contributed by atoms with Gasteiger partial charge in [-0.1, -0.05) is 41.9 Å². The van der Waals surface area contributed by atoms with Gasteiger partial charge in [-0.05, 0) is 42.5 Å². The molecule has 4 aromatic rings. The number of benzene rings is 3. The summed E-state index contributed by atoms with van der Waals surface area (Å²) < 4.78 is 13.1. The fourth-order valence-corrected chi connectivity index (χ4v) is 3.39. The van der Waals surface area contributed by atoms with Crippen molar-refractivity contribution in [2.24, 2.45) is 0 Å². The minimum absolute atomic E-state index is 0.0949. The Morgan fingerprint density at radius 3 is 2.60 bits per heavy atom. The number of anilines is 1. The SMILES string of the molecule is COc1ccccc1OCc1nc2ccccc2n1CC(=O)Nc1cccc(Cl)c1. The van der Waals surface area contributed by atoms with Crippen LogP contribution in [-0.4, -0.2) is 22.6 Å². The molecule has 0 bridgehead atoms. The van der Waals surface area contributed by atoms with Gasteiger partial charge in [0.15, 0.2) is 11.5 Å². The summed E-state index contributed by atoms with van der Waals surface area (Å²) in [6.45, 7) is 0.289. The van der Waals surface area contributed by atoms with Gasteiger partial charge >= 0.3 is 0 Å². The summed E-state index contributed by atoms with van der Waals surface area (Å²) in [5.41, 5.74) is 2.30. The molecule has 6 nitrogen and oxygen atoms in total. The lowest BCUT2D eigenvalue weighted by atomic mass is 10.3. The molecule has 30 heavy (non-hydrogen) atoms. The molecule has 0 fully saturated rings. The van der Waals surface area contributed by atoms with Gasteiger partial charge in [-0.25, -0.2) is 4.98 Å². The molecule has 1 amide bonds. The van der Waals surface area contributed by atoms with Crippen molar-refractivity contribution in [1.29, 1.82) is 0 Å². The van der Waals surface area contributed by atoms with E-state index in [0.29, 0.717) is 28.0 Å². The fraction of sp³-hybridized carbons (Fsp3) is 0.130. The van der Waals surface area contributed by atoms with Crippen molar-refractivity contribution in [2.75, 3.05) is 12.4 Å². The van der Waals surface area contributed by atoms with Crippen molar-refractivity contribution >= 4 is 34.2 Å². The number of rotatable bonds is 7. The lowest BCUT2D eigenvalue weighted by molar-refractivity contribution is -0.116. The number of halogens is 1. The van der Waals surface area contributed by atoms with Crippen LogP contribution in [0.15, 0.2) is 72.8 Å². The van der Waals surface area contributed by atoms with Crippen molar-refractivity contribution in [3.05, 3.63) is 83.6 Å². The van der Waals surface area contributed by atoms with Crippen molar-refractivity contribution in [1.82, 2.24) is 9.55 Å². The summed E-state index contributed by atoms with van der Waals surface area (Å²) in [6.07, 6.45) is 0. The highest BCUT2D eigenvalue weighted by atomic mass is 35.5. The number of aromatic nitrogens is 2. The van der Waals surface area contributed by atoms with Gasteiger partial charge in [0.1, 0.15) is 19.0 Å². The van der Waals surface area contributed by atoms with E-state index in [4.69, 9.17) is 21.1 Å². The van der Waals surface area contributed by atoms with Crippen LogP contribution in [-0.2, 0) is 17.9 Å². The normalized spacial score (nSPS) is 10.7. The lowest BCUT2D eigenvalue weighted by Gasteiger charge is -2.12. The molecule has 1 N–H and O–H groups in total. The molecule has 0 aliphatic heterocycles. The Bertz CT molecular complexity index is 1190. The number of fused-ring (bicyclic) bond motifs is 1. The third-order valence-corrected chi connectivity index (χ3v) is 4.80. The minimum atomic E-state index is -0.182. The molecule has 0 aliphatic rings. The van der Waals surface area contributed by atoms with Crippen molar-refractivity contribution < 1.29 is 14.3 Å². The molecule has 1 aromatic heterocycles. The van der Waals surface area contributed by atoms with Crippen LogP contribution in [0.2, 0.25) is 5.02 Å². The molecular formula is C23H20ClN3O3. The van der Waals surface area contributed by atoms with Crippen LogP contribution in [0.1, 0.15) is 5.82 Å². The smallest absolute Gasteiger partial charge is 0.244 e. The second-order valence-electron chi connectivity index (χ2n) is 6.60. The van der Waals surface area contributed by atoms with Gasteiger partial charge in [-0.15, -0.1) is 0 Å².